The number of halogens is 3. The molecular formula is C21H19Cl3N4O4. The molecule has 168 valence electrons. The SMILES string of the molecule is CCC(C(=O)Nc1cc(Oc2ccc(Cl)cc2Cl)cc([N+](=O)[O-])c1)n1nc(C)c(Cl)c1C. The molecule has 1 unspecified atom stereocenters. The monoisotopic (exact) mass is 496 g/mol. The lowest BCUT2D eigenvalue weighted by Crippen LogP contribution is -2.27. The molecular weight excluding hydrogens is 479 g/mol. The summed E-state index contributed by atoms with van der Waals surface area (Å²) in [6.07, 6.45) is 0.433. The van der Waals surface area contributed by atoms with Gasteiger partial charge in [-0.2, -0.15) is 5.10 Å². The number of non-ortho nitro benzene ring substituents is 1. The van der Waals surface area contributed by atoms with Crippen LogP contribution < -0.4 is 10.1 Å². The maximum atomic E-state index is 13.0. The fraction of sp³-hybridized carbons (Fsp3) is 0.238. The number of hydrogen-bond donors (Lipinski definition) is 1. The number of hydrogen-bond acceptors (Lipinski definition) is 5. The van der Waals surface area contributed by atoms with E-state index in [1.807, 2.05) is 6.92 Å². The Bertz CT molecular complexity index is 1200. The van der Waals surface area contributed by atoms with Crippen molar-refractivity contribution in [3.63, 3.8) is 0 Å². The van der Waals surface area contributed by atoms with Gasteiger partial charge in [-0.3, -0.25) is 19.6 Å². The molecule has 0 aliphatic carbocycles. The number of aromatic nitrogens is 2. The van der Waals surface area contributed by atoms with Crippen molar-refractivity contribution in [1.82, 2.24) is 9.78 Å². The van der Waals surface area contributed by atoms with Crippen molar-refractivity contribution in [3.05, 3.63) is 73.0 Å². The molecule has 0 spiro atoms. The number of nitro groups is 1. The van der Waals surface area contributed by atoms with Crippen molar-refractivity contribution in [2.45, 2.75) is 33.2 Å². The first kappa shape index (κ1) is 23.8. The summed E-state index contributed by atoms with van der Waals surface area (Å²) in [7, 11) is 0. The predicted molar refractivity (Wildman–Crippen MR) is 124 cm³/mol. The minimum Gasteiger partial charge on any atom is -0.455 e. The minimum atomic E-state index is -0.657. The summed E-state index contributed by atoms with van der Waals surface area (Å²) in [6, 6.07) is 7.90. The third-order valence-electron chi connectivity index (χ3n) is 4.71. The first-order valence-electron chi connectivity index (χ1n) is 9.55. The number of nitrogens with zero attached hydrogens (tertiary/aromatic N) is 3. The number of carbonyl (C=O) groups excluding carboxylic acids is 1. The van der Waals surface area contributed by atoms with Gasteiger partial charge in [0, 0.05) is 17.2 Å². The summed E-state index contributed by atoms with van der Waals surface area (Å²) in [5.74, 6) is -0.00997. The molecule has 32 heavy (non-hydrogen) atoms. The molecule has 3 aromatic rings. The van der Waals surface area contributed by atoms with Crippen molar-refractivity contribution in [1.29, 1.82) is 0 Å². The van der Waals surface area contributed by atoms with Crippen LogP contribution in [0.5, 0.6) is 11.5 Å². The number of ether oxygens (including phenoxy) is 1. The molecule has 0 bridgehead atoms. The van der Waals surface area contributed by atoms with Crippen molar-refractivity contribution in [2.24, 2.45) is 0 Å². The number of amides is 1. The van der Waals surface area contributed by atoms with Crippen LogP contribution in [0.2, 0.25) is 15.1 Å². The van der Waals surface area contributed by atoms with E-state index in [0.717, 1.165) is 0 Å². The molecule has 3 rings (SSSR count). The van der Waals surface area contributed by atoms with Crippen LogP contribution in [0.1, 0.15) is 30.8 Å². The Balaban J connectivity index is 1.91. The number of nitro benzene ring substituents is 1. The molecule has 1 heterocycles. The first-order valence-corrected chi connectivity index (χ1v) is 10.7. The minimum absolute atomic E-state index is 0.126. The molecule has 1 aromatic heterocycles. The van der Waals surface area contributed by atoms with E-state index in [1.165, 1.54) is 24.3 Å². The Morgan fingerprint density at radius 3 is 2.50 bits per heavy atom. The van der Waals surface area contributed by atoms with E-state index in [1.54, 1.807) is 30.7 Å². The van der Waals surface area contributed by atoms with Crippen LogP contribution in [-0.4, -0.2) is 20.6 Å². The van der Waals surface area contributed by atoms with E-state index in [4.69, 9.17) is 39.5 Å². The van der Waals surface area contributed by atoms with Crippen molar-refractivity contribution in [2.75, 3.05) is 5.32 Å². The number of rotatable bonds is 7. The van der Waals surface area contributed by atoms with Crippen molar-refractivity contribution in [3.8, 4) is 11.5 Å². The molecule has 0 aliphatic rings. The van der Waals surface area contributed by atoms with Gasteiger partial charge in [0.25, 0.3) is 5.69 Å². The van der Waals surface area contributed by atoms with Crippen LogP contribution >= 0.6 is 34.8 Å². The second kappa shape index (κ2) is 9.77. The van der Waals surface area contributed by atoms with Gasteiger partial charge in [-0.15, -0.1) is 0 Å². The van der Waals surface area contributed by atoms with E-state index in [2.05, 4.69) is 10.4 Å². The first-order chi connectivity index (χ1) is 15.1. The van der Waals surface area contributed by atoms with E-state index in [9.17, 15) is 14.9 Å². The van der Waals surface area contributed by atoms with Crippen molar-refractivity contribution >= 4 is 52.1 Å². The standard InChI is InChI=1S/C21H19Cl3N4O4/c1-4-18(27-12(3)20(24)11(2)26-27)21(29)25-14-8-15(28(30)31)10-16(9-14)32-19-6-5-13(22)7-17(19)23/h5-10,18H,4H2,1-3H3,(H,25,29). The zero-order chi connectivity index (χ0) is 23.6. The van der Waals surface area contributed by atoms with Crippen molar-refractivity contribution < 1.29 is 14.5 Å². The maximum absolute atomic E-state index is 13.0. The van der Waals surface area contributed by atoms with E-state index >= 15 is 0 Å². The van der Waals surface area contributed by atoms with Crippen LogP contribution in [-0.2, 0) is 4.79 Å². The van der Waals surface area contributed by atoms with Gasteiger partial charge in [0.2, 0.25) is 5.91 Å². The second-order valence-electron chi connectivity index (χ2n) is 6.99. The quantitative estimate of drug-likeness (QED) is 0.287. The third-order valence-corrected chi connectivity index (χ3v) is 5.79. The van der Waals surface area contributed by atoms with Crippen LogP contribution in [0.25, 0.3) is 0 Å². The normalized spacial score (nSPS) is 11.8. The summed E-state index contributed by atoms with van der Waals surface area (Å²) in [5, 5.41) is 19.6. The number of benzene rings is 2. The van der Waals surface area contributed by atoms with E-state index in [0.29, 0.717) is 27.9 Å². The molecule has 1 N–H and O–H groups in total. The smallest absolute Gasteiger partial charge is 0.275 e. The highest BCUT2D eigenvalue weighted by molar-refractivity contribution is 6.35. The Kier molecular flexibility index (Phi) is 7.28. The van der Waals surface area contributed by atoms with E-state index < -0.39 is 16.9 Å². The topological polar surface area (TPSA) is 99.3 Å². The van der Waals surface area contributed by atoms with Gasteiger partial charge in [-0.1, -0.05) is 41.7 Å². The fourth-order valence-corrected chi connectivity index (χ4v) is 3.72. The summed E-state index contributed by atoms with van der Waals surface area (Å²) >= 11 is 18.2. The number of nitrogens with one attached hydrogen (secondary N) is 1. The van der Waals surface area contributed by atoms with Crippen LogP contribution in [0.4, 0.5) is 11.4 Å². The highest BCUT2D eigenvalue weighted by atomic mass is 35.5. The zero-order valence-electron chi connectivity index (χ0n) is 17.4. The molecule has 1 atom stereocenters. The zero-order valence-corrected chi connectivity index (χ0v) is 19.6. The van der Waals surface area contributed by atoms with Gasteiger partial charge in [-0.05, 0) is 38.5 Å². The third kappa shape index (κ3) is 5.15. The fourth-order valence-electron chi connectivity index (χ4n) is 3.15. The van der Waals surface area contributed by atoms with Gasteiger partial charge in [-0.25, -0.2) is 0 Å². The van der Waals surface area contributed by atoms with Gasteiger partial charge in [0.1, 0.15) is 17.5 Å². The van der Waals surface area contributed by atoms with Crippen LogP contribution in [0, 0.1) is 24.0 Å². The van der Waals surface area contributed by atoms with Crippen LogP contribution in [0.15, 0.2) is 36.4 Å². The molecule has 0 radical (unpaired) electrons. The molecule has 11 heteroatoms. The van der Waals surface area contributed by atoms with Gasteiger partial charge >= 0.3 is 0 Å². The number of aryl methyl sites for hydroxylation is 1. The summed E-state index contributed by atoms with van der Waals surface area (Å²) in [4.78, 5) is 23.8. The number of carbonyl (C=O) groups is 1. The molecule has 1 amide bonds. The average molecular weight is 498 g/mol. The Labute approximate surface area is 199 Å². The highest BCUT2D eigenvalue weighted by Crippen LogP contribution is 2.35. The summed E-state index contributed by atoms with van der Waals surface area (Å²) in [5.41, 5.74) is 1.20. The summed E-state index contributed by atoms with van der Waals surface area (Å²) < 4.78 is 7.26. The maximum Gasteiger partial charge on any atom is 0.275 e. The summed E-state index contributed by atoms with van der Waals surface area (Å²) in [6.45, 7) is 5.36. The van der Waals surface area contributed by atoms with Gasteiger partial charge in [0.05, 0.1) is 38.1 Å². The lowest BCUT2D eigenvalue weighted by molar-refractivity contribution is -0.384. The lowest BCUT2D eigenvalue weighted by Gasteiger charge is -2.18. The highest BCUT2D eigenvalue weighted by Gasteiger charge is 2.24. The number of anilines is 1. The largest absolute Gasteiger partial charge is 0.455 e. The Morgan fingerprint density at radius 1 is 1.22 bits per heavy atom. The molecule has 0 saturated carbocycles. The van der Waals surface area contributed by atoms with Crippen LogP contribution in [0.3, 0.4) is 0 Å². The molecule has 0 saturated heterocycles. The average Bonchev–Trinajstić information content (AvgIpc) is 2.98. The Hall–Kier alpha value is -2.81. The predicted octanol–water partition coefficient (Wildman–Crippen LogP) is 6.75. The van der Waals surface area contributed by atoms with Gasteiger partial charge in [0.15, 0.2) is 0 Å². The molecule has 2 aromatic carbocycles. The lowest BCUT2D eigenvalue weighted by atomic mass is 10.2. The molecule has 0 fully saturated rings. The Morgan fingerprint density at radius 2 is 1.94 bits per heavy atom. The second-order valence-corrected chi connectivity index (χ2v) is 8.21. The molecule has 8 nitrogen and oxygen atoms in total. The van der Waals surface area contributed by atoms with Gasteiger partial charge < -0.3 is 10.1 Å². The van der Waals surface area contributed by atoms with E-state index in [-0.39, 0.29) is 27.9 Å². The molecule has 0 aliphatic heterocycles.